The average Bonchev–Trinajstić information content (AvgIpc) is 3.26. The fourth-order valence-electron chi connectivity index (χ4n) is 4.68. The molecule has 5 rings (SSSR count). The van der Waals surface area contributed by atoms with Gasteiger partial charge in [0.05, 0.1) is 28.5 Å². The Morgan fingerprint density at radius 2 is 1.78 bits per heavy atom. The van der Waals surface area contributed by atoms with Crippen molar-refractivity contribution >= 4 is 40.7 Å². The first kappa shape index (κ1) is 28.4. The predicted molar refractivity (Wildman–Crippen MR) is 163 cm³/mol. The van der Waals surface area contributed by atoms with Crippen LogP contribution in [0.1, 0.15) is 36.6 Å². The van der Waals surface area contributed by atoms with Crippen molar-refractivity contribution in [1.29, 1.82) is 0 Å². The third kappa shape index (κ3) is 5.99. The number of anilines is 1. The Morgan fingerprint density at radius 3 is 2.46 bits per heavy atom. The van der Waals surface area contributed by atoms with Crippen molar-refractivity contribution < 1.29 is 14.3 Å². The summed E-state index contributed by atoms with van der Waals surface area (Å²) in [5.74, 6) is 0.165. The SMILES string of the molecule is CCOC(=O)C1=C(C)N=c2s/c(=C\c3ccccc3OCc3ccc(Cl)cc3)c(=O)n2C1c1ccc(N(C)C)cc1. The van der Waals surface area contributed by atoms with Crippen molar-refractivity contribution in [3.63, 3.8) is 0 Å². The molecule has 3 aromatic carbocycles. The Hall–Kier alpha value is -4.14. The van der Waals surface area contributed by atoms with Gasteiger partial charge in [0.15, 0.2) is 4.80 Å². The number of aromatic nitrogens is 1. The van der Waals surface area contributed by atoms with Gasteiger partial charge < -0.3 is 14.4 Å². The van der Waals surface area contributed by atoms with Gasteiger partial charge in [0.2, 0.25) is 0 Å². The maximum absolute atomic E-state index is 14.0. The van der Waals surface area contributed by atoms with Gasteiger partial charge in [0.25, 0.3) is 5.56 Å². The lowest BCUT2D eigenvalue weighted by Crippen LogP contribution is -2.40. The van der Waals surface area contributed by atoms with Gasteiger partial charge in [-0.1, -0.05) is 65.4 Å². The van der Waals surface area contributed by atoms with E-state index in [-0.39, 0.29) is 12.2 Å². The Morgan fingerprint density at radius 1 is 1.07 bits per heavy atom. The molecule has 210 valence electrons. The molecule has 7 nitrogen and oxygen atoms in total. The molecule has 0 radical (unpaired) electrons. The van der Waals surface area contributed by atoms with Crippen LogP contribution < -0.4 is 24.5 Å². The number of nitrogens with zero attached hydrogens (tertiary/aromatic N) is 3. The molecule has 0 aliphatic carbocycles. The molecule has 0 saturated heterocycles. The third-order valence-electron chi connectivity index (χ3n) is 6.76. The maximum atomic E-state index is 14.0. The summed E-state index contributed by atoms with van der Waals surface area (Å²) in [4.78, 5) is 34.3. The molecule has 0 saturated carbocycles. The second kappa shape index (κ2) is 12.2. The highest BCUT2D eigenvalue weighted by molar-refractivity contribution is 7.07. The number of carbonyl (C=O) groups is 1. The van der Waals surface area contributed by atoms with Crippen LogP contribution in [0.3, 0.4) is 0 Å². The van der Waals surface area contributed by atoms with E-state index in [9.17, 15) is 9.59 Å². The number of para-hydroxylation sites is 1. The molecule has 0 fully saturated rings. The van der Waals surface area contributed by atoms with Gasteiger partial charge in [-0.2, -0.15) is 0 Å². The zero-order valence-corrected chi connectivity index (χ0v) is 24.8. The quantitative estimate of drug-likeness (QED) is 0.268. The number of allylic oxidation sites excluding steroid dienone is 1. The van der Waals surface area contributed by atoms with Gasteiger partial charge >= 0.3 is 5.97 Å². The van der Waals surface area contributed by atoms with Crippen LogP contribution in [0.15, 0.2) is 93.9 Å². The molecule has 9 heteroatoms. The van der Waals surface area contributed by atoms with E-state index in [1.54, 1.807) is 18.4 Å². The Labute approximate surface area is 247 Å². The number of esters is 1. The monoisotopic (exact) mass is 587 g/mol. The summed E-state index contributed by atoms with van der Waals surface area (Å²) in [6, 6.07) is 22.2. The van der Waals surface area contributed by atoms with Crippen LogP contribution in [-0.2, 0) is 16.1 Å². The first-order valence-corrected chi connectivity index (χ1v) is 14.4. The van der Waals surface area contributed by atoms with Gasteiger partial charge in [0.1, 0.15) is 12.4 Å². The summed E-state index contributed by atoms with van der Waals surface area (Å²) in [5, 5.41) is 0.665. The van der Waals surface area contributed by atoms with Crippen molar-refractivity contribution in [2.45, 2.75) is 26.5 Å². The van der Waals surface area contributed by atoms with Gasteiger partial charge in [0, 0.05) is 30.4 Å². The normalized spacial score (nSPS) is 14.9. The zero-order valence-electron chi connectivity index (χ0n) is 23.3. The first-order chi connectivity index (χ1) is 19.8. The lowest BCUT2D eigenvalue weighted by molar-refractivity contribution is -0.139. The van der Waals surface area contributed by atoms with Crippen LogP contribution >= 0.6 is 22.9 Å². The molecular formula is C32H30ClN3O4S. The van der Waals surface area contributed by atoms with Gasteiger partial charge in [-0.3, -0.25) is 9.36 Å². The zero-order chi connectivity index (χ0) is 29.1. The number of halogens is 1. The predicted octanol–water partition coefficient (Wildman–Crippen LogP) is 5.10. The van der Waals surface area contributed by atoms with Crippen LogP contribution in [0.5, 0.6) is 5.75 Å². The topological polar surface area (TPSA) is 73.1 Å². The van der Waals surface area contributed by atoms with E-state index in [4.69, 9.17) is 21.1 Å². The standard InChI is InChI=1S/C32H30ClN3O4S/c1-5-39-31(38)28-20(2)34-32-36(29(28)22-12-16-25(17-13-22)35(3)4)30(37)27(41-32)18-23-8-6-7-9-26(23)40-19-21-10-14-24(33)15-11-21/h6-18,29H,5,19H2,1-4H3/b27-18-. The van der Waals surface area contributed by atoms with E-state index in [1.165, 1.54) is 11.3 Å². The van der Waals surface area contributed by atoms with Crippen molar-refractivity contribution in [3.8, 4) is 5.75 Å². The summed E-state index contributed by atoms with van der Waals surface area (Å²) in [5.41, 5.74) is 4.20. The number of rotatable bonds is 8. The summed E-state index contributed by atoms with van der Waals surface area (Å²) in [7, 11) is 3.92. The summed E-state index contributed by atoms with van der Waals surface area (Å²) in [6.45, 7) is 4.12. The number of ether oxygens (including phenoxy) is 2. The van der Waals surface area contributed by atoms with Crippen LogP contribution in [-0.4, -0.2) is 31.2 Å². The third-order valence-corrected chi connectivity index (χ3v) is 7.99. The highest BCUT2D eigenvalue weighted by Gasteiger charge is 2.33. The second-order valence-electron chi connectivity index (χ2n) is 9.74. The Kier molecular flexibility index (Phi) is 8.42. The van der Waals surface area contributed by atoms with Crippen molar-refractivity contribution in [3.05, 3.63) is 125 Å². The molecule has 1 unspecified atom stereocenters. The van der Waals surface area contributed by atoms with Gasteiger partial charge in [-0.05, 0) is 61.4 Å². The second-order valence-corrected chi connectivity index (χ2v) is 11.2. The van der Waals surface area contributed by atoms with Crippen LogP contribution in [0.2, 0.25) is 5.02 Å². The number of hydrogen-bond acceptors (Lipinski definition) is 7. The minimum absolute atomic E-state index is 0.221. The number of carbonyl (C=O) groups excluding carboxylic acids is 1. The van der Waals surface area contributed by atoms with E-state index in [0.29, 0.717) is 38.0 Å². The molecule has 0 bridgehead atoms. The van der Waals surface area contributed by atoms with Crippen LogP contribution in [0, 0.1) is 0 Å². The fraction of sp³-hybridized carbons (Fsp3) is 0.219. The number of hydrogen-bond donors (Lipinski definition) is 0. The van der Waals surface area contributed by atoms with Crippen LogP contribution in [0.25, 0.3) is 6.08 Å². The molecule has 1 aliphatic rings. The van der Waals surface area contributed by atoms with Crippen molar-refractivity contribution in [2.75, 3.05) is 25.6 Å². The molecule has 1 aromatic heterocycles. The molecule has 0 amide bonds. The van der Waals surface area contributed by atoms with Gasteiger partial charge in [-0.25, -0.2) is 9.79 Å². The summed E-state index contributed by atoms with van der Waals surface area (Å²) < 4.78 is 13.6. The molecular weight excluding hydrogens is 558 g/mol. The van der Waals surface area contributed by atoms with Gasteiger partial charge in [-0.15, -0.1) is 0 Å². The average molecular weight is 588 g/mol. The highest BCUT2D eigenvalue weighted by atomic mass is 35.5. The first-order valence-electron chi connectivity index (χ1n) is 13.2. The van der Waals surface area contributed by atoms with E-state index >= 15 is 0 Å². The largest absolute Gasteiger partial charge is 0.488 e. The summed E-state index contributed by atoms with van der Waals surface area (Å²) in [6.07, 6.45) is 1.82. The highest BCUT2D eigenvalue weighted by Crippen LogP contribution is 2.31. The van der Waals surface area contributed by atoms with Crippen LogP contribution in [0.4, 0.5) is 5.69 Å². The van der Waals surface area contributed by atoms with E-state index < -0.39 is 12.0 Å². The fourth-order valence-corrected chi connectivity index (χ4v) is 5.84. The molecule has 2 heterocycles. The van der Waals surface area contributed by atoms with Crippen molar-refractivity contribution in [1.82, 2.24) is 4.57 Å². The number of benzene rings is 3. The van der Waals surface area contributed by atoms with E-state index in [2.05, 4.69) is 4.99 Å². The molecule has 41 heavy (non-hydrogen) atoms. The maximum Gasteiger partial charge on any atom is 0.338 e. The lowest BCUT2D eigenvalue weighted by Gasteiger charge is -2.25. The molecule has 4 aromatic rings. The molecule has 1 aliphatic heterocycles. The van der Waals surface area contributed by atoms with E-state index in [0.717, 1.165) is 22.4 Å². The minimum Gasteiger partial charge on any atom is -0.488 e. The number of thiazole rings is 1. The number of fused-ring (bicyclic) bond motifs is 1. The molecule has 0 N–H and O–H groups in total. The Balaban J connectivity index is 1.59. The smallest absolute Gasteiger partial charge is 0.338 e. The Bertz CT molecular complexity index is 1790. The minimum atomic E-state index is -0.667. The molecule has 1 atom stereocenters. The summed E-state index contributed by atoms with van der Waals surface area (Å²) >= 11 is 7.29. The molecule has 0 spiro atoms. The lowest BCUT2D eigenvalue weighted by atomic mass is 9.95. The van der Waals surface area contributed by atoms with E-state index in [1.807, 2.05) is 97.9 Å². The van der Waals surface area contributed by atoms with Crippen molar-refractivity contribution in [2.24, 2.45) is 4.99 Å².